The van der Waals surface area contributed by atoms with E-state index in [1.807, 2.05) is 0 Å². The van der Waals surface area contributed by atoms with E-state index in [0.717, 1.165) is 26.2 Å². The summed E-state index contributed by atoms with van der Waals surface area (Å²) >= 11 is 0. The molecule has 2 heteroatoms. The maximum absolute atomic E-state index is 9.79. The molecule has 8 heavy (non-hydrogen) atoms. The summed E-state index contributed by atoms with van der Waals surface area (Å²) in [7, 11) is 1.00. The largest absolute Gasteiger partial charge is 0.400 e. The van der Waals surface area contributed by atoms with Crippen LogP contribution in [0.2, 0.25) is 0 Å². The molecule has 0 aromatic rings. The van der Waals surface area contributed by atoms with E-state index in [1.165, 1.54) is 6.42 Å². The number of hydrogen-bond donors (Lipinski definition) is 1. The highest BCUT2D eigenvalue weighted by Gasteiger charge is 2.14. The Morgan fingerprint density at radius 1 is 1.50 bits per heavy atom. The summed E-state index contributed by atoms with van der Waals surface area (Å²) in [5.74, 6) is 0.435. The lowest BCUT2D eigenvalue weighted by Crippen LogP contribution is -2.10. The van der Waals surface area contributed by atoms with Crippen molar-refractivity contribution in [2.75, 3.05) is 7.11 Å². The second kappa shape index (κ2) is 4.78. The molecule has 0 amide bonds. The predicted octanol–water partition coefficient (Wildman–Crippen LogP) is 0.594. The summed E-state index contributed by atoms with van der Waals surface area (Å²) in [4.78, 5) is 9.79. The zero-order valence-corrected chi connectivity index (χ0v) is 5.13. The van der Waals surface area contributed by atoms with Gasteiger partial charge in [0.2, 0.25) is 0 Å². The Kier molecular flexibility index (Phi) is 4.56. The summed E-state index contributed by atoms with van der Waals surface area (Å²) in [6.07, 6.45) is 4.61. The Bertz CT molecular complexity index is 57.5. The lowest BCUT2D eigenvalue weighted by Gasteiger charge is -2.17. The minimum atomic E-state index is 0.435. The number of hydrogen-bond acceptors (Lipinski definition) is 2. The molecule has 1 aliphatic rings. The van der Waals surface area contributed by atoms with E-state index in [-0.39, 0.29) is 0 Å². The van der Waals surface area contributed by atoms with Crippen LogP contribution in [0.3, 0.4) is 0 Å². The smallest absolute Gasteiger partial charge is 0.123 e. The molecular formula is C6H12O2. The maximum atomic E-state index is 9.79. The van der Waals surface area contributed by atoms with Crippen LogP contribution in [0.15, 0.2) is 0 Å². The van der Waals surface area contributed by atoms with Crippen LogP contribution in [0.4, 0.5) is 0 Å². The number of carbonyl (C=O) groups excluding carboxylic acids is 1. The molecule has 1 rings (SSSR count). The molecule has 0 unspecified atom stereocenters. The first-order valence-electron chi connectivity index (χ1n) is 2.83. The number of rotatable bonds is 1. The van der Waals surface area contributed by atoms with Crippen LogP contribution in [-0.4, -0.2) is 18.5 Å². The van der Waals surface area contributed by atoms with Gasteiger partial charge in [-0.05, 0) is 12.8 Å². The quantitative estimate of drug-likeness (QED) is 0.509. The standard InChI is InChI=1S/C5H8O.CH4O/c6-4-5-2-1-3-5;1-2/h4-5H,1-3H2;2H,1H3. The molecule has 0 radical (unpaired) electrons. The van der Waals surface area contributed by atoms with Crippen molar-refractivity contribution < 1.29 is 9.90 Å². The van der Waals surface area contributed by atoms with Crippen LogP contribution in [0.1, 0.15) is 19.3 Å². The van der Waals surface area contributed by atoms with Crippen LogP contribution in [-0.2, 0) is 4.79 Å². The first kappa shape index (κ1) is 7.63. The monoisotopic (exact) mass is 116 g/mol. The van der Waals surface area contributed by atoms with Crippen molar-refractivity contribution in [2.24, 2.45) is 5.92 Å². The van der Waals surface area contributed by atoms with E-state index in [2.05, 4.69) is 0 Å². The van der Waals surface area contributed by atoms with Gasteiger partial charge in [-0.3, -0.25) is 0 Å². The van der Waals surface area contributed by atoms with Crippen LogP contribution in [0.5, 0.6) is 0 Å². The number of aliphatic hydroxyl groups excluding tert-OH is 1. The number of aldehydes is 1. The fourth-order valence-electron chi connectivity index (χ4n) is 0.576. The summed E-state index contributed by atoms with van der Waals surface area (Å²) in [5.41, 5.74) is 0. The molecule has 1 saturated carbocycles. The number of aliphatic hydroxyl groups is 1. The molecule has 48 valence electrons. The van der Waals surface area contributed by atoms with Gasteiger partial charge in [-0.25, -0.2) is 0 Å². The Labute approximate surface area is 49.5 Å². The average molecular weight is 116 g/mol. The zero-order chi connectivity index (χ0) is 6.41. The molecule has 0 atom stereocenters. The highest BCUT2D eigenvalue weighted by atomic mass is 16.2. The van der Waals surface area contributed by atoms with Gasteiger partial charge in [-0.2, -0.15) is 0 Å². The van der Waals surface area contributed by atoms with Gasteiger partial charge in [0.15, 0.2) is 0 Å². The molecule has 2 nitrogen and oxygen atoms in total. The van der Waals surface area contributed by atoms with Crippen molar-refractivity contribution >= 4 is 6.29 Å². The van der Waals surface area contributed by atoms with Gasteiger partial charge in [-0.15, -0.1) is 0 Å². The molecule has 0 aromatic carbocycles. The fourth-order valence-corrected chi connectivity index (χ4v) is 0.576. The van der Waals surface area contributed by atoms with Crippen LogP contribution in [0.25, 0.3) is 0 Å². The summed E-state index contributed by atoms with van der Waals surface area (Å²) in [6.45, 7) is 0. The van der Waals surface area contributed by atoms with Crippen molar-refractivity contribution in [1.29, 1.82) is 0 Å². The third kappa shape index (κ3) is 2.07. The van der Waals surface area contributed by atoms with Crippen molar-refractivity contribution in [3.63, 3.8) is 0 Å². The summed E-state index contributed by atoms with van der Waals surface area (Å²) in [6, 6.07) is 0. The highest BCUT2D eigenvalue weighted by molar-refractivity contribution is 5.54. The molecule has 0 heterocycles. The molecule has 0 bridgehead atoms. The SMILES string of the molecule is CO.O=CC1CCC1. The zero-order valence-electron chi connectivity index (χ0n) is 5.13. The van der Waals surface area contributed by atoms with Gasteiger partial charge in [0.05, 0.1) is 0 Å². The predicted molar refractivity (Wildman–Crippen MR) is 31.5 cm³/mol. The van der Waals surface area contributed by atoms with Crippen molar-refractivity contribution in [3.05, 3.63) is 0 Å². The van der Waals surface area contributed by atoms with Gasteiger partial charge < -0.3 is 9.90 Å². The maximum Gasteiger partial charge on any atom is 0.123 e. The molecule has 1 aliphatic carbocycles. The Balaban J connectivity index is 0.000000222. The van der Waals surface area contributed by atoms with E-state index in [9.17, 15) is 4.79 Å². The Morgan fingerprint density at radius 3 is 2.00 bits per heavy atom. The molecule has 0 saturated heterocycles. The van der Waals surface area contributed by atoms with E-state index < -0.39 is 0 Å². The van der Waals surface area contributed by atoms with Crippen LogP contribution < -0.4 is 0 Å². The Morgan fingerprint density at radius 2 is 2.00 bits per heavy atom. The van der Waals surface area contributed by atoms with Gasteiger partial charge in [0.25, 0.3) is 0 Å². The van der Waals surface area contributed by atoms with Crippen LogP contribution >= 0.6 is 0 Å². The molecule has 1 fully saturated rings. The van der Waals surface area contributed by atoms with Crippen molar-refractivity contribution in [2.45, 2.75) is 19.3 Å². The second-order valence-electron chi connectivity index (χ2n) is 1.83. The molecular weight excluding hydrogens is 104 g/mol. The highest BCUT2D eigenvalue weighted by Crippen LogP contribution is 2.23. The minimum absolute atomic E-state index is 0.435. The first-order chi connectivity index (χ1) is 3.93. The topological polar surface area (TPSA) is 37.3 Å². The third-order valence-electron chi connectivity index (χ3n) is 1.34. The van der Waals surface area contributed by atoms with E-state index in [1.54, 1.807) is 0 Å². The van der Waals surface area contributed by atoms with E-state index in [4.69, 9.17) is 5.11 Å². The summed E-state index contributed by atoms with van der Waals surface area (Å²) in [5, 5.41) is 7.00. The second-order valence-corrected chi connectivity index (χ2v) is 1.83. The molecule has 0 aliphatic heterocycles. The number of carbonyl (C=O) groups is 1. The minimum Gasteiger partial charge on any atom is -0.400 e. The molecule has 0 spiro atoms. The van der Waals surface area contributed by atoms with Crippen LogP contribution in [0, 0.1) is 5.92 Å². The van der Waals surface area contributed by atoms with Gasteiger partial charge in [0, 0.05) is 13.0 Å². The lowest BCUT2D eigenvalue weighted by atomic mass is 9.87. The van der Waals surface area contributed by atoms with Crippen molar-refractivity contribution in [3.8, 4) is 0 Å². The average Bonchev–Trinajstić information content (AvgIpc) is 1.69. The first-order valence-corrected chi connectivity index (χ1v) is 2.83. The normalized spacial score (nSPS) is 17.8. The van der Waals surface area contributed by atoms with Gasteiger partial charge >= 0.3 is 0 Å². The third-order valence-corrected chi connectivity index (χ3v) is 1.34. The van der Waals surface area contributed by atoms with E-state index in [0.29, 0.717) is 5.92 Å². The molecule has 0 aromatic heterocycles. The van der Waals surface area contributed by atoms with Crippen molar-refractivity contribution in [1.82, 2.24) is 0 Å². The van der Waals surface area contributed by atoms with Gasteiger partial charge in [0.1, 0.15) is 6.29 Å². The lowest BCUT2D eigenvalue weighted by molar-refractivity contribution is -0.113. The molecule has 1 N–H and O–H groups in total. The fraction of sp³-hybridized carbons (Fsp3) is 0.833. The van der Waals surface area contributed by atoms with E-state index >= 15 is 0 Å². The summed E-state index contributed by atoms with van der Waals surface area (Å²) < 4.78 is 0. The Hall–Kier alpha value is -0.370. The van der Waals surface area contributed by atoms with Gasteiger partial charge in [-0.1, -0.05) is 6.42 Å².